The predicted octanol–water partition coefficient (Wildman–Crippen LogP) is 1.44. The Morgan fingerprint density at radius 1 is 1.55 bits per heavy atom. The number of amides is 1. The molecule has 2 aliphatic heterocycles. The lowest BCUT2D eigenvalue weighted by Gasteiger charge is -2.35. The van der Waals surface area contributed by atoms with Crippen LogP contribution in [0.2, 0.25) is 0 Å². The number of carbonyl (C=O) groups is 1. The van der Waals surface area contributed by atoms with E-state index in [2.05, 4.69) is 31.1 Å². The van der Waals surface area contributed by atoms with Crippen LogP contribution in [-0.4, -0.2) is 54.2 Å². The molecule has 3 heterocycles. The van der Waals surface area contributed by atoms with Gasteiger partial charge in [0, 0.05) is 29.8 Å². The standard InChI is InChI=1S/C14H18BrN3O2/c15-10-3-4-13(16-6-10)14(19)17-7-12-8-18-5-1-2-11(18)9-20-12/h3-4,6,11-12H,1-2,5,7-9H2,(H,17,19). The van der Waals surface area contributed by atoms with Gasteiger partial charge in [0.15, 0.2) is 0 Å². The molecule has 108 valence electrons. The van der Waals surface area contributed by atoms with E-state index in [1.165, 1.54) is 12.8 Å². The Hall–Kier alpha value is -0.980. The van der Waals surface area contributed by atoms with E-state index in [-0.39, 0.29) is 12.0 Å². The summed E-state index contributed by atoms with van der Waals surface area (Å²) in [6.07, 6.45) is 4.21. The Kier molecular flexibility index (Phi) is 4.33. The van der Waals surface area contributed by atoms with Gasteiger partial charge in [-0.1, -0.05) is 0 Å². The van der Waals surface area contributed by atoms with Crippen molar-refractivity contribution >= 4 is 21.8 Å². The second-order valence-corrected chi connectivity index (χ2v) is 6.23. The van der Waals surface area contributed by atoms with Crippen LogP contribution in [0.4, 0.5) is 0 Å². The summed E-state index contributed by atoms with van der Waals surface area (Å²) in [5.41, 5.74) is 0.433. The normalized spacial score (nSPS) is 26.2. The first-order valence-corrected chi connectivity index (χ1v) is 7.77. The second-order valence-electron chi connectivity index (χ2n) is 5.32. The highest BCUT2D eigenvalue weighted by Gasteiger charge is 2.32. The molecule has 1 aromatic heterocycles. The molecule has 1 N–H and O–H groups in total. The number of ether oxygens (including phenoxy) is 1. The summed E-state index contributed by atoms with van der Waals surface area (Å²) in [4.78, 5) is 18.5. The lowest BCUT2D eigenvalue weighted by Crippen LogP contribution is -2.50. The Bertz CT molecular complexity index is 480. The van der Waals surface area contributed by atoms with Crippen molar-refractivity contribution in [2.75, 3.05) is 26.2 Å². The number of halogens is 1. The molecule has 0 spiro atoms. The number of fused-ring (bicyclic) bond motifs is 1. The van der Waals surface area contributed by atoms with E-state index in [1.807, 2.05) is 6.07 Å². The Balaban J connectivity index is 1.49. The monoisotopic (exact) mass is 339 g/mol. The molecule has 20 heavy (non-hydrogen) atoms. The maximum atomic E-state index is 12.0. The number of rotatable bonds is 3. The third kappa shape index (κ3) is 3.19. The molecule has 5 nitrogen and oxygen atoms in total. The summed E-state index contributed by atoms with van der Waals surface area (Å²) in [5.74, 6) is -0.148. The Labute approximate surface area is 126 Å². The number of hydrogen-bond acceptors (Lipinski definition) is 4. The fourth-order valence-corrected chi connectivity index (χ4v) is 3.05. The molecule has 3 rings (SSSR count). The van der Waals surface area contributed by atoms with E-state index in [1.54, 1.807) is 12.3 Å². The van der Waals surface area contributed by atoms with E-state index in [4.69, 9.17) is 4.74 Å². The molecule has 0 saturated carbocycles. The lowest BCUT2D eigenvalue weighted by atomic mass is 10.2. The number of carbonyl (C=O) groups excluding carboxylic acids is 1. The molecule has 2 fully saturated rings. The summed E-state index contributed by atoms with van der Waals surface area (Å²) in [5, 5.41) is 2.90. The van der Waals surface area contributed by atoms with Gasteiger partial charge in [-0.15, -0.1) is 0 Å². The SMILES string of the molecule is O=C(NCC1CN2CCCC2CO1)c1ccc(Br)cn1. The Morgan fingerprint density at radius 3 is 3.25 bits per heavy atom. The van der Waals surface area contributed by atoms with Crippen molar-refractivity contribution in [2.45, 2.75) is 25.0 Å². The van der Waals surface area contributed by atoms with Gasteiger partial charge in [0.25, 0.3) is 5.91 Å². The van der Waals surface area contributed by atoms with Gasteiger partial charge in [-0.3, -0.25) is 9.69 Å². The zero-order chi connectivity index (χ0) is 13.9. The van der Waals surface area contributed by atoms with Gasteiger partial charge >= 0.3 is 0 Å². The minimum Gasteiger partial charge on any atom is -0.373 e. The van der Waals surface area contributed by atoms with Crippen LogP contribution in [-0.2, 0) is 4.74 Å². The fraction of sp³-hybridized carbons (Fsp3) is 0.571. The van der Waals surface area contributed by atoms with Crippen molar-refractivity contribution in [2.24, 2.45) is 0 Å². The van der Waals surface area contributed by atoms with Crippen molar-refractivity contribution < 1.29 is 9.53 Å². The van der Waals surface area contributed by atoms with Crippen LogP contribution in [0.25, 0.3) is 0 Å². The highest BCUT2D eigenvalue weighted by molar-refractivity contribution is 9.10. The molecule has 2 unspecified atom stereocenters. The van der Waals surface area contributed by atoms with Crippen LogP contribution in [0.15, 0.2) is 22.8 Å². The smallest absolute Gasteiger partial charge is 0.269 e. The third-order valence-corrected chi connectivity index (χ3v) is 4.38. The van der Waals surface area contributed by atoms with Gasteiger partial charge in [-0.25, -0.2) is 4.98 Å². The minimum atomic E-state index is -0.148. The number of aromatic nitrogens is 1. The molecule has 1 aromatic rings. The third-order valence-electron chi connectivity index (χ3n) is 3.91. The van der Waals surface area contributed by atoms with E-state index >= 15 is 0 Å². The van der Waals surface area contributed by atoms with Crippen LogP contribution in [0.5, 0.6) is 0 Å². The van der Waals surface area contributed by atoms with E-state index in [0.717, 1.165) is 24.2 Å². The molecular weight excluding hydrogens is 322 g/mol. The molecule has 0 radical (unpaired) electrons. The average molecular weight is 340 g/mol. The van der Waals surface area contributed by atoms with Crippen molar-refractivity contribution in [3.63, 3.8) is 0 Å². The van der Waals surface area contributed by atoms with Crippen molar-refractivity contribution in [1.82, 2.24) is 15.2 Å². The first-order valence-electron chi connectivity index (χ1n) is 6.98. The zero-order valence-electron chi connectivity index (χ0n) is 11.2. The molecule has 0 bridgehead atoms. The maximum absolute atomic E-state index is 12.0. The van der Waals surface area contributed by atoms with Crippen molar-refractivity contribution in [1.29, 1.82) is 0 Å². The van der Waals surface area contributed by atoms with E-state index < -0.39 is 0 Å². The van der Waals surface area contributed by atoms with Gasteiger partial charge in [0.05, 0.1) is 12.7 Å². The average Bonchev–Trinajstić information content (AvgIpc) is 2.93. The van der Waals surface area contributed by atoms with Crippen LogP contribution in [0, 0.1) is 0 Å². The first kappa shape index (κ1) is 14.0. The Morgan fingerprint density at radius 2 is 2.45 bits per heavy atom. The first-order chi connectivity index (χ1) is 9.72. The summed E-state index contributed by atoms with van der Waals surface area (Å²) in [7, 11) is 0. The summed E-state index contributed by atoms with van der Waals surface area (Å²) in [6, 6.07) is 4.11. The highest BCUT2D eigenvalue weighted by atomic mass is 79.9. The summed E-state index contributed by atoms with van der Waals surface area (Å²) >= 11 is 3.30. The number of nitrogens with zero attached hydrogens (tertiary/aromatic N) is 2. The second kappa shape index (κ2) is 6.20. The number of morpholine rings is 1. The topological polar surface area (TPSA) is 54.5 Å². The zero-order valence-corrected chi connectivity index (χ0v) is 12.8. The highest BCUT2D eigenvalue weighted by Crippen LogP contribution is 2.22. The van der Waals surface area contributed by atoms with Crippen LogP contribution in [0.3, 0.4) is 0 Å². The number of nitrogens with one attached hydrogen (secondary N) is 1. The predicted molar refractivity (Wildman–Crippen MR) is 78.6 cm³/mol. The molecule has 2 atom stereocenters. The van der Waals surface area contributed by atoms with Gasteiger partial charge in [-0.2, -0.15) is 0 Å². The molecule has 2 aliphatic rings. The molecular formula is C14H18BrN3O2. The van der Waals surface area contributed by atoms with Gasteiger partial charge < -0.3 is 10.1 Å². The van der Waals surface area contributed by atoms with Gasteiger partial charge in [-0.05, 0) is 47.4 Å². The van der Waals surface area contributed by atoms with Gasteiger partial charge in [0.2, 0.25) is 0 Å². The molecule has 0 aromatic carbocycles. The summed E-state index contributed by atoms with van der Waals surface area (Å²) < 4.78 is 6.68. The van der Waals surface area contributed by atoms with Crippen LogP contribution >= 0.6 is 15.9 Å². The molecule has 0 aliphatic carbocycles. The van der Waals surface area contributed by atoms with E-state index in [0.29, 0.717) is 18.3 Å². The number of pyridine rings is 1. The van der Waals surface area contributed by atoms with Crippen molar-refractivity contribution in [3.8, 4) is 0 Å². The summed E-state index contributed by atoms with van der Waals surface area (Å²) in [6.45, 7) is 3.41. The van der Waals surface area contributed by atoms with Crippen LogP contribution in [0.1, 0.15) is 23.3 Å². The fourth-order valence-electron chi connectivity index (χ4n) is 2.82. The quantitative estimate of drug-likeness (QED) is 0.905. The largest absolute Gasteiger partial charge is 0.373 e. The van der Waals surface area contributed by atoms with Crippen LogP contribution < -0.4 is 5.32 Å². The minimum absolute atomic E-state index is 0.0868. The van der Waals surface area contributed by atoms with Gasteiger partial charge in [0.1, 0.15) is 5.69 Å². The lowest BCUT2D eigenvalue weighted by molar-refractivity contribution is -0.0462. The molecule has 1 amide bonds. The molecule has 6 heteroatoms. The maximum Gasteiger partial charge on any atom is 0.269 e. The number of hydrogen-bond donors (Lipinski definition) is 1. The van der Waals surface area contributed by atoms with Crippen molar-refractivity contribution in [3.05, 3.63) is 28.5 Å². The molecule has 2 saturated heterocycles. The van der Waals surface area contributed by atoms with E-state index in [9.17, 15) is 4.79 Å².